The van der Waals surface area contributed by atoms with E-state index in [0.29, 0.717) is 0 Å². The van der Waals surface area contributed by atoms with Crippen LogP contribution in [0.25, 0.3) is 0 Å². The van der Waals surface area contributed by atoms with Gasteiger partial charge in [-0.15, -0.1) is 11.3 Å². The van der Waals surface area contributed by atoms with Crippen molar-refractivity contribution in [3.63, 3.8) is 0 Å². The van der Waals surface area contributed by atoms with E-state index in [0.717, 1.165) is 63.0 Å². The van der Waals surface area contributed by atoms with Gasteiger partial charge in [-0.3, -0.25) is 4.99 Å². The molecule has 1 saturated heterocycles. The molecule has 0 amide bonds. The lowest BCUT2D eigenvalue weighted by atomic mass is 10.2. The maximum atomic E-state index is 5.50. The Labute approximate surface area is 165 Å². The topological polar surface area (TPSA) is 53.0 Å². The number of hydrogen-bond donors (Lipinski definition) is 1. The van der Waals surface area contributed by atoms with E-state index >= 15 is 0 Å². The maximum absolute atomic E-state index is 5.50. The van der Waals surface area contributed by atoms with E-state index in [1.807, 2.05) is 19.2 Å². The Kier molecular flexibility index (Phi) is 6.92. The molecule has 1 aromatic heterocycles. The second kappa shape index (κ2) is 9.60. The Bertz CT molecular complexity index is 752. The van der Waals surface area contributed by atoms with Crippen molar-refractivity contribution in [3.8, 4) is 5.75 Å². The first-order chi connectivity index (χ1) is 13.2. The number of anilines is 1. The van der Waals surface area contributed by atoms with Gasteiger partial charge in [0, 0.05) is 51.6 Å². The number of benzene rings is 1. The van der Waals surface area contributed by atoms with Crippen LogP contribution in [0.3, 0.4) is 0 Å². The average Bonchev–Trinajstić information content (AvgIpc) is 3.19. The number of thiazole rings is 1. The first-order valence-electron chi connectivity index (χ1n) is 9.52. The second-order valence-electron chi connectivity index (χ2n) is 6.46. The summed E-state index contributed by atoms with van der Waals surface area (Å²) in [5.41, 5.74) is 2.33. The fourth-order valence-electron chi connectivity index (χ4n) is 3.31. The van der Waals surface area contributed by atoms with Gasteiger partial charge >= 0.3 is 0 Å². The zero-order valence-corrected chi connectivity index (χ0v) is 17.3. The number of hydrogen-bond acceptors (Lipinski definition) is 5. The zero-order chi connectivity index (χ0) is 19.1. The number of aryl methyl sites for hydroxylation is 1. The van der Waals surface area contributed by atoms with Gasteiger partial charge in [0.05, 0.1) is 23.5 Å². The summed E-state index contributed by atoms with van der Waals surface area (Å²) in [6.07, 6.45) is 1.94. The van der Waals surface area contributed by atoms with Crippen molar-refractivity contribution in [2.75, 3.05) is 51.8 Å². The molecule has 1 N–H and O–H groups in total. The van der Waals surface area contributed by atoms with E-state index < -0.39 is 0 Å². The molecule has 0 spiro atoms. The highest BCUT2D eigenvalue weighted by Crippen LogP contribution is 2.28. The molecule has 0 saturated carbocycles. The minimum Gasteiger partial charge on any atom is -0.495 e. The van der Waals surface area contributed by atoms with Gasteiger partial charge in [-0.05, 0) is 18.6 Å². The largest absolute Gasteiger partial charge is 0.495 e. The predicted molar refractivity (Wildman–Crippen MR) is 113 cm³/mol. The quantitative estimate of drug-likeness (QED) is 0.610. The first-order valence-corrected chi connectivity index (χ1v) is 10.4. The Hall–Kier alpha value is -2.28. The van der Waals surface area contributed by atoms with E-state index in [9.17, 15) is 0 Å². The number of aromatic nitrogens is 1. The summed E-state index contributed by atoms with van der Waals surface area (Å²) >= 11 is 1.75. The van der Waals surface area contributed by atoms with Gasteiger partial charge in [0.15, 0.2) is 5.96 Å². The number of nitrogens with zero attached hydrogens (tertiary/aromatic N) is 4. The molecule has 2 heterocycles. The molecule has 1 fully saturated rings. The van der Waals surface area contributed by atoms with Crippen LogP contribution in [-0.2, 0) is 12.8 Å². The van der Waals surface area contributed by atoms with Crippen LogP contribution >= 0.6 is 11.3 Å². The number of methoxy groups -OCH3 is 1. The highest BCUT2D eigenvalue weighted by molar-refractivity contribution is 7.09. The number of ether oxygens (including phenoxy) is 1. The van der Waals surface area contributed by atoms with E-state index in [1.54, 1.807) is 18.4 Å². The second-order valence-corrected chi connectivity index (χ2v) is 7.40. The average molecular weight is 388 g/mol. The molecule has 146 valence electrons. The summed E-state index contributed by atoms with van der Waals surface area (Å²) in [6.45, 7) is 6.78. The monoisotopic (exact) mass is 387 g/mol. The number of para-hydroxylation sites is 2. The third-order valence-electron chi connectivity index (χ3n) is 4.78. The lowest BCUT2D eigenvalue weighted by Crippen LogP contribution is -2.52. The Morgan fingerprint density at radius 2 is 2.04 bits per heavy atom. The molecule has 0 bridgehead atoms. The molecule has 1 aliphatic heterocycles. The van der Waals surface area contributed by atoms with Crippen LogP contribution in [0, 0.1) is 0 Å². The van der Waals surface area contributed by atoms with Crippen molar-refractivity contribution in [2.45, 2.75) is 19.8 Å². The lowest BCUT2D eigenvalue weighted by Gasteiger charge is -2.38. The fourth-order valence-corrected chi connectivity index (χ4v) is 4.09. The van der Waals surface area contributed by atoms with Gasteiger partial charge < -0.3 is 19.9 Å². The Balaban J connectivity index is 1.49. The molecule has 3 rings (SSSR count). The fraction of sp³-hybridized carbons (Fsp3) is 0.500. The van der Waals surface area contributed by atoms with Crippen LogP contribution in [0.4, 0.5) is 5.69 Å². The Morgan fingerprint density at radius 3 is 2.70 bits per heavy atom. The third kappa shape index (κ3) is 4.91. The van der Waals surface area contributed by atoms with Gasteiger partial charge in [-0.25, -0.2) is 4.98 Å². The standard InChI is InChI=1S/C20H29N5OS/c1-4-19-23-16(15-27-19)9-10-22-20(21-2)25-13-11-24(12-14-25)17-7-5-6-8-18(17)26-3/h5-8,15H,4,9-14H2,1-3H3,(H,21,22). The maximum Gasteiger partial charge on any atom is 0.193 e. The molecule has 7 heteroatoms. The predicted octanol–water partition coefficient (Wildman–Crippen LogP) is 2.65. The van der Waals surface area contributed by atoms with Crippen LogP contribution in [0.5, 0.6) is 5.75 Å². The summed E-state index contributed by atoms with van der Waals surface area (Å²) in [6, 6.07) is 8.22. The molecule has 27 heavy (non-hydrogen) atoms. The van der Waals surface area contributed by atoms with Gasteiger partial charge in [-0.2, -0.15) is 0 Å². The van der Waals surface area contributed by atoms with Crippen molar-refractivity contribution >= 4 is 23.0 Å². The van der Waals surface area contributed by atoms with Crippen LogP contribution < -0.4 is 15.0 Å². The van der Waals surface area contributed by atoms with Gasteiger partial charge in [-0.1, -0.05) is 19.1 Å². The van der Waals surface area contributed by atoms with E-state index in [2.05, 4.69) is 49.5 Å². The smallest absolute Gasteiger partial charge is 0.193 e. The number of nitrogens with one attached hydrogen (secondary N) is 1. The summed E-state index contributed by atoms with van der Waals surface area (Å²) in [4.78, 5) is 13.8. The molecular formula is C20H29N5OS. The molecule has 1 aliphatic rings. The molecule has 0 aliphatic carbocycles. The zero-order valence-electron chi connectivity index (χ0n) is 16.4. The van der Waals surface area contributed by atoms with Crippen LogP contribution in [0.15, 0.2) is 34.6 Å². The van der Waals surface area contributed by atoms with Crippen molar-refractivity contribution in [1.82, 2.24) is 15.2 Å². The van der Waals surface area contributed by atoms with E-state index in [-0.39, 0.29) is 0 Å². The summed E-state index contributed by atoms with van der Waals surface area (Å²) < 4.78 is 5.50. The summed E-state index contributed by atoms with van der Waals surface area (Å²) in [7, 11) is 3.58. The van der Waals surface area contributed by atoms with Crippen molar-refractivity contribution < 1.29 is 4.74 Å². The van der Waals surface area contributed by atoms with Crippen LogP contribution in [0.1, 0.15) is 17.6 Å². The van der Waals surface area contributed by atoms with Crippen LogP contribution in [0.2, 0.25) is 0 Å². The van der Waals surface area contributed by atoms with Gasteiger partial charge in [0.25, 0.3) is 0 Å². The third-order valence-corrected chi connectivity index (χ3v) is 5.82. The molecular weight excluding hydrogens is 358 g/mol. The highest BCUT2D eigenvalue weighted by atomic mass is 32.1. The molecule has 0 radical (unpaired) electrons. The first kappa shape index (κ1) is 19.5. The number of aliphatic imine (C=N–C) groups is 1. The van der Waals surface area contributed by atoms with Crippen molar-refractivity contribution in [1.29, 1.82) is 0 Å². The van der Waals surface area contributed by atoms with Crippen LogP contribution in [-0.4, -0.2) is 62.7 Å². The minimum absolute atomic E-state index is 0.853. The molecule has 2 aromatic rings. The summed E-state index contributed by atoms with van der Waals surface area (Å²) in [5, 5.41) is 6.86. The lowest BCUT2D eigenvalue weighted by molar-refractivity contribution is 0.367. The molecule has 0 atom stereocenters. The summed E-state index contributed by atoms with van der Waals surface area (Å²) in [5.74, 6) is 1.91. The normalized spacial score (nSPS) is 15.1. The van der Waals surface area contributed by atoms with Gasteiger partial charge in [0.1, 0.15) is 5.75 Å². The number of rotatable bonds is 6. The molecule has 1 aromatic carbocycles. The number of guanidine groups is 1. The highest BCUT2D eigenvalue weighted by Gasteiger charge is 2.21. The van der Waals surface area contributed by atoms with E-state index in [4.69, 9.17) is 4.74 Å². The number of piperazine rings is 1. The van der Waals surface area contributed by atoms with Crippen molar-refractivity contribution in [3.05, 3.63) is 40.3 Å². The molecule has 6 nitrogen and oxygen atoms in total. The van der Waals surface area contributed by atoms with Gasteiger partial charge in [0.2, 0.25) is 0 Å². The van der Waals surface area contributed by atoms with Crippen molar-refractivity contribution in [2.24, 2.45) is 4.99 Å². The SMILES string of the molecule is CCc1nc(CCNC(=NC)N2CCN(c3ccccc3OC)CC2)cs1. The van der Waals surface area contributed by atoms with E-state index in [1.165, 1.54) is 10.7 Å². The minimum atomic E-state index is 0.853. The molecule has 0 unspecified atom stereocenters. The Morgan fingerprint density at radius 1 is 1.26 bits per heavy atom.